The highest BCUT2D eigenvalue weighted by Gasteiger charge is 2.12. The van der Waals surface area contributed by atoms with E-state index in [1.165, 1.54) is 0 Å². The van der Waals surface area contributed by atoms with Gasteiger partial charge < -0.3 is 0 Å². The highest BCUT2D eigenvalue weighted by atomic mass is 32.2. The van der Waals surface area contributed by atoms with Crippen molar-refractivity contribution in [3.63, 3.8) is 0 Å². The fourth-order valence-electron chi connectivity index (χ4n) is 1.82. The van der Waals surface area contributed by atoms with Crippen LogP contribution in [-0.2, 0) is 16.4 Å². The lowest BCUT2D eigenvalue weighted by molar-refractivity contribution is 0.365. The first-order valence-corrected chi connectivity index (χ1v) is 8.45. The van der Waals surface area contributed by atoms with Gasteiger partial charge in [0.2, 0.25) is 10.0 Å². The van der Waals surface area contributed by atoms with Crippen LogP contribution >= 0.6 is 0 Å². The molecule has 1 aromatic carbocycles. The molecule has 0 aliphatic carbocycles. The summed E-state index contributed by atoms with van der Waals surface area (Å²) in [5.41, 5.74) is 1.32. The van der Waals surface area contributed by atoms with E-state index in [1.807, 2.05) is 30.3 Å². The van der Waals surface area contributed by atoms with Gasteiger partial charge in [-0.05, 0) is 30.2 Å². The Balaban J connectivity index is 2.29. The molecule has 1 aromatic rings. The molecule has 0 bridgehead atoms. The van der Waals surface area contributed by atoms with E-state index >= 15 is 0 Å². The predicted octanol–water partition coefficient (Wildman–Crippen LogP) is 2.97. The quantitative estimate of drug-likeness (QED) is 0.782. The average Bonchev–Trinajstić information content (AvgIpc) is 2.33. The molecule has 0 aromatic heterocycles. The lowest BCUT2D eigenvalue weighted by atomic mass is 9.91. The third-order valence-electron chi connectivity index (χ3n) is 2.93. The summed E-state index contributed by atoms with van der Waals surface area (Å²) in [6.45, 7) is 7.03. The van der Waals surface area contributed by atoms with E-state index < -0.39 is 10.0 Å². The molecule has 0 fully saturated rings. The van der Waals surface area contributed by atoms with Crippen LogP contribution in [0.3, 0.4) is 0 Å². The Morgan fingerprint density at radius 2 is 1.74 bits per heavy atom. The van der Waals surface area contributed by atoms with Crippen molar-refractivity contribution in [3.8, 4) is 0 Å². The monoisotopic (exact) mass is 283 g/mol. The maximum absolute atomic E-state index is 11.8. The SMILES string of the molecule is CC(C)(C)CCCNS(=O)(=O)CCc1ccccc1. The van der Waals surface area contributed by atoms with Crippen LogP contribution < -0.4 is 4.72 Å². The Morgan fingerprint density at radius 3 is 2.32 bits per heavy atom. The molecule has 108 valence electrons. The molecule has 1 rings (SSSR count). The van der Waals surface area contributed by atoms with E-state index in [0.29, 0.717) is 13.0 Å². The van der Waals surface area contributed by atoms with Gasteiger partial charge in [0, 0.05) is 6.54 Å². The number of hydrogen-bond donors (Lipinski definition) is 1. The minimum absolute atomic E-state index is 0.159. The number of benzene rings is 1. The predicted molar refractivity (Wildman–Crippen MR) is 80.6 cm³/mol. The molecule has 0 atom stereocenters. The van der Waals surface area contributed by atoms with E-state index in [-0.39, 0.29) is 11.2 Å². The average molecular weight is 283 g/mol. The van der Waals surface area contributed by atoms with Gasteiger partial charge in [0.1, 0.15) is 0 Å². The Labute approximate surface area is 117 Å². The second kappa shape index (κ2) is 7.06. The van der Waals surface area contributed by atoms with Gasteiger partial charge in [0.15, 0.2) is 0 Å². The van der Waals surface area contributed by atoms with Gasteiger partial charge in [-0.25, -0.2) is 13.1 Å². The van der Waals surface area contributed by atoms with E-state index in [1.54, 1.807) is 0 Å². The van der Waals surface area contributed by atoms with Crippen LogP contribution in [0, 0.1) is 5.41 Å². The van der Waals surface area contributed by atoms with Gasteiger partial charge in [0.25, 0.3) is 0 Å². The molecular formula is C15H25NO2S. The first-order valence-electron chi connectivity index (χ1n) is 6.80. The number of sulfonamides is 1. The second-order valence-corrected chi connectivity index (χ2v) is 8.04. The maximum Gasteiger partial charge on any atom is 0.211 e. The number of rotatable bonds is 7. The molecule has 0 aliphatic heterocycles. The van der Waals surface area contributed by atoms with Crippen molar-refractivity contribution in [1.82, 2.24) is 4.72 Å². The maximum atomic E-state index is 11.8. The third-order valence-corrected chi connectivity index (χ3v) is 4.31. The molecule has 0 radical (unpaired) electrons. The van der Waals surface area contributed by atoms with Crippen molar-refractivity contribution in [2.75, 3.05) is 12.3 Å². The van der Waals surface area contributed by atoms with Crippen LogP contribution in [0.4, 0.5) is 0 Å². The molecule has 0 spiro atoms. The minimum Gasteiger partial charge on any atom is -0.215 e. The smallest absolute Gasteiger partial charge is 0.211 e. The summed E-state index contributed by atoms with van der Waals surface area (Å²) >= 11 is 0. The number of aryl methyl sites for hydroxylation is 1. The van der Waals surface area contributed by atoms with Gasteiger partial charge in [-0.15, -0.1) is 0 Å². The largest absolute Gasteiger partial charge is 0.215 e. The van der Waals surface area contributed by atoms with E-state index in [2.05, 4.69) is 25.5 Å². The summed E-state index contributed by atoms with van der Waals surface area (Å²) in [6, 6.07) is 9.70. The fraction of sp³-hybridized carbons (Fsp3) is 0.600. The van der Waals surface area contributed by atoms with Crippen molar-refractivity contribution < 1.29 is 8.42 Å². The lowest BCUT2D eigenvalue weighted by Gasteiger charge is -2.17. The van der Waals surface area contributed by atoms with Crippen LogP contribution in [0.1, 0.15) is 39.2 Å². The first-order chi connectivity index (χ1) is 8.79. The van der Waals surface area contributed by atoms with Gasteiger partial charge in [0.05, 0.1) is 5.75 Å². The van der Waals surface area contributed by atoms with Crippen molar-refractivity contribution in [1.29, 1.82) is 0 Å². The zero-order chi connectivity index (χ0) is 14.4. The molecule has 4 heteroatoms. The molecule has 0 heterocycles. The number of nitrogens with one attached hydrogen (secondary N) is 1. The summed E-state index contributed by atoms with van der Waals surface area (Å²) in [5, 5.41) is 0. The summed E-state index contributed by atoms with van der Waals surface area (Å²) in [6.07, 6.45) is 2.47. The summed E-state index contributed by atoms with van der Waals surface area (Å²) in [7, 11) is -3.15. The van der Waals surface area contributed by atoms with Crippen LogP contribution in [-0.4, -0.2) is 20.7 Å². The Kier molecular flexibility index (Phi) is 6.01. The Morgan fingerprint density at radius 1 is 1.11 bits per heavy atom. The van der Waals surface area contributed by atoms with Crippen molar-refractivity contribution in [2.24, 2.45) is 5.41 Å². The van der Waals surface area contributed by atoms with Crippen LogP contribution in [0.15, 0.2) is 30.3 Å². The van der Waals surface area contributed by atoms with Crippen molar-refractivity contribution in [2.45, 2.75) is 40.0 Å². The second-order valence-electron chi connectivity index (χ2n) is 6.11. The van der Waals surface area contributed by atoms with Gasteiger partial charge in [-0.3, -0.25) is 0 Å². The first kappa shape index (κ1) is 16.2. The molecule has 19 heavy (non-hydrogen) atoms. The molecule has 0 unspecified atom stereocenters. The Hall–Kier alpha value is -0.870. The molecule has 0 amide bonds. The topological polar surface area (TPSA) is 46.2 Å². The standard InChI is InChI=1S/C15H25NO2S/c1-15(2,3)11-7-12-16-19(17,18)13-10-14-8-5-4-6-9-14/h4-6,8-9,16H,7,10-13H2,1-3H3. The fourth-order valence-corrected chi connectivity index (χ4v) is 2.92. The van der Waals surface area contributed by atoms with E-state index in [4.69, 9.17) is 0 Å². The normalized spacial score (nSPS) is 12.6. The molecule has 3 nitrogen and oxygen atoms in total. The minimum atomic E-state index is -3.15. The van der Waals surface area contributed by atoms with Gasteiger partial charge >= 0.3 is 0 Å². The lowest BCUT2D eigenvalue weighted by Crippen LogP contribution is -2.28. The van der Waals surface area contributed by atoms with E-state index in [9.17, 15) is 8.42 Å². The van der Waals surface area contributed by atoms with Crippen molar-refractivity contribution >= 4 is 10.0 Å². The molecular weight excluding hydrogens is 258 g/mol. The number of hydrogen-bond acceptors (Lipinski definition) is 2. The molecule has 0 saturated heterocycles. The summed E-state index contributed by atoms with van der Waals surface area (Å²) in [5.74, 6) is 0.159. The third kappa shape index (κ3) is 8.01. The Bertz CT molecular complexity index is 461. The highest BCUT2D eigenvalue weighted by Crippen LogP contribution is 2.19. The van der Waals surface area contributed by atoms with Crippen LogP contribution in [0.2, 0.25) is 0 Å². The summed E-state index contributed by atoms with van der Waals surface area (Å²) < 4.78 is 26.3. The highest BCUT2D eigenvalue weighted by molar-refractivity contribution is 7.89. The van der Waals surface area contributed by atoms with Crippen molar-refractivity contribution in [3.05, 3.63) is 35.9 Å². The van der Waals surface area contributed by atoms with Crippen LogP contribution in [0.5, 0.6) is 0 Å². The van der Waals surface area contributed by atoms with E-state index in [0.717, 1.165) is 18.4 Å². The zero-order valence-electron chi connectivity index (χ0n) is 12.1. The molecule has 1 N–H and O–H groups in total. The van der Waals surface area contributed by atoms with Gasteiger partial charge in [-0.2, -0.15) is 0 Å². The molecule has 0 saturated carbocycles. The zero-order valence-corrected chi connectivity index (χ0v) is 13.0. The molecule has 0 aliphatic rings. The summed E-state index contributed by atoms with van der Waals surface area (Å²) in [4.78, 5) is 0. The van der Waals surface area contributed by atoms with Gasteiger partial charge in [-0.1, -0.05) is 51.1 Å². The van der Waals surface area contributed by atoms with Crippen LogP contribution in [0.25, 0.3) is 0 Å².